The molecule has 0 unspecified atom stereocenters. The monoisotopic (exact) mass is 447 g/mol. The molecule has 2 fully saturated rings. The molecular formula is C25H29N5O3. The van der Waals surface area contributed by atoms with Crippen LogP contribution in [0.15, 0.2) is 30.9 Å². The number of benzene rings is 1. The molecule has 2 aromatic heterocycles. The second-order valence-electron chi connectivity index (χ2n) is 9.17. The van der Waals surface area contributed by atoms with Crippen molar-refractivity contribution in [1.82, 2.24) is 19.9 Å². The van der Waals surface area contributed by atoms with E-state index in [4.69, 9.17) is 14.2 Å². The Balaban J connectivity index is 1.15. The van der Waals surface area contributed by atoms with Crippen molar-refractivity contribution in [3.63, 3.8) is 0 Å². The zero-order chi connectivity index (χ0) is 22.0. The first kappa shape index (κ1) is 20.7. The quantitative estimate of drug-likeness (QED) is 0.588. The lowest BCUT2D eigenvalue weighted by Gasteiger charge is -2.31. The Labute approximate surface area is 193 Å². The maximum atomic E-state index is 6.57. The summed E-state index contributed by atoms with van der Waals surface area (Å²) in [7, 11) is 0. The van der Waals surface area contributed by atoms with Crippen LogP contribution in [0.4, 0.5) is 5.69 Å². The van der Waals surface area contributed by atoms with Crippen molar-refractivity contribution < 1.29 is 14.2 Å². The van der Waals surface area contributed by atoms with Gasteiger partial charge in [-0.3, -0.25) is 4.98 Å². The van der Waals surface area contributed by atoms with Crippen molar-refractivity contribution in [2.45, 2.75) is 51.4 Å². The minimum Gasteiger partial charge on any atom is -0.488 e. The molecule has 2 aliphatic heterocycles. The summed E-state index contributed by atoms with van der Waals surface area (Å²) in [5.74, 6) is 1.47. The number of rotatable bonds is 5. The van der Waals surface area contributed by atoms with Crippen LogP contribution >= 0.6 is 0 Å². The first-order valence-corrected chi connectivity index (χ1v) is 12.0. The number of morpholine rings is 1. The van der Waals surface area contributed by atoms with Gasteiger partial charge in [-0.2, -0.15) is 0 Å². The number of anilines is 1. The van der Waals surface area contributed by atoms with Gasteiger partial charge in [-0.05, 0) is 44.1 Å². The van der Waals surface area contributed by atoms with Crippen LogP contribution in [0.5, 0.6) is 5.75 Å². The summed E-state index contributed by atoms with van der Waals surface area (Å²) in [6, 6.07) is 4.25. The molecule has 0 bridgehead atoms. The van der Waals surface area contributed by atoms with Gasteiger partial charge in [0.1, 0.15) is 17.6 Å². The predicted octanol–water partition coefficient (Wildman–Crippen LogP) is 3.47. The van der Waals surface area contributed by atoms with Crippen molar-refractivity contribution in [1.29, 1.82) is 0 Å². The summed E-state index contributed by atoms with van der Waals surface area (Å²) in [6.07, 6.45) is 10.7. The van der Waals surface area contributed by atoms with E-state index in [0.717, 1.165) is 86.6 Å². The molecule has 0 radical (unpaired) electrons. The van der Waals surface area contributed by atoms with Gasteiger partial charge in [-0.15, -0.1) is 0 Å². The van der Waals surface area contributed by atoms with Crippen LogP contribution in [0.3, 0.4) is 0 Å². The first-order valence-electron chi connectivity index (χ1n) is 12.0. The number of ether oxygens (including phenoxy) is 3. The smallest absolute Gasteiger partial charge is 0.149 e. The summed E-state index contributed by atoms with van der Waals surface area (Å²) in [6.45, 7) is 4.53. The Morgan fingerprint density at radius 3 is 2.64 bits per heavy atom. The van der Waals surface area contributed by atoms with Crippen molar-refractivity contribution in [3.05, 3.63) is 47.8 Å². The number of hydrogen-bond donors (Lipinski definition) is 0. The SMILES string of the molecule is c1nc2c(c(CC3CCC(Oc4cc(N5CCOCC5)cc5nccnc45)CC3)n1)COC2. The molecule has 0 spiro atoms. The van der Waals surface area contributed by atoms with Gasteiger partial charge >= 0.3 is 0 Å². The normalized spacial score (nSPS) is 23.0. The van der Waals surface area contributed by atoms with Crippen LogP contribution in [-0.4, -0.2) is 52.3 Å². The fourth-order valence-electron chi connectivity index (χ4n) is 5.24. The van der Waals surface area contributed by atoms with Gasteiger partial charge in [-0.25, -0.2) is 15.0 Å². The van der Waals surface area contributed by atoms with Gasteiger partial charge in [0.2, 0.25) is 0 Å². The topological polar surface area (TPSA) is 82.5 Å². The van der Waals surface area contributed by atoms with Gasteiger partial charge in [0.25, 0.3) is 0 Å². The lowest BCUT2D eigenvalue weighted by atomic mass is 9.84. The molecule has 0 N–H and O–H groups in total. The van der Waals surface area contributed by atoms with E-state index in [1.807, 2.05) is 0 Å². The number of aromatic nitrogens is 4. The van der Waals surface area contributed by atoms with E-state index in [1.54, 1.807) is 18.7 Å². The summed E-state index contributed by atoms with van der Waals surface area (Å²) in [4.78, 5) is 20.4. The molecule has 4 heterocycles. The minimum absolute atomic E-state index is 0.200. The van der Waals surface area contributed by atoms with Gasteiger partial charge in [0.05, 0.1) is 43.7 Å². The van der Waals surface area contributed by atoms with Gasteiger partial charge < -0.3 is 19.1 Å². The maximum absolute atomic E-state index is 6.57. The Hall–Kier alpha value is -2.84. The molecule has 1 aromatic carbocycles. The third-order valence-electron chi connectivity index (χ3n) is 7.08. The molecule has 33 heavy (non-hydrogen) atoms. The Bertz CT molecular complexity index is 1130. The van der Waals surface area contributed by atoms with Gasteiger partial charge in [0.15, 0.2) is 0 Å². The standard InChI is InChI=1S/C25H29N5O3/c1-3-19(4-2-17(1)11-21-20-14-32-15-23(20)29-16-28-21)33-24-13-18(30-7-9-31-10-8-30)12-22-25(24)27-6-5-26-22/h5-6,12-13,16-17,19H,1-4,7-11,14-15H2. The fourth-order valence-corrected chi connectivity index (χ4v) is 5.24. The molecule has 3 aromatic rings. The number of hydrogen-bond acceptors (Lipinski definition) is 8. The average Bonchev–Trinajstić information content (AvgIpc) is 3.36. The maximum Gasteiger partial charge on any atom is 0.149 e. The summed E-state index contributed by atoms with van der Waals surface area (Å²) in [5, 5.41) is 0. The van der Waals surface area contributed by atoms with E-state index >= 15 is 0 Å². The van der Waals surface area contributed by atoms with Crippen LogP contribution in [0, 0.1) is 5.92 Å². The van der Waals surface area contributed by atoms with E-state index in [9.17, 15) is 0 Å². The number of fused-ring (bicyclic) bond motifs is 2. The molecule has 6 rings (SSSR count). The molecule has 8 heteroatoms. The minimum atomic E-state index is 0.200. The predicted molar refractivity (Wildman–Crippen MR) is 123 cm³/mol. The van der Waals surface area contributed by atoms with Gasteiger partial charge in [0, 0.05) is 48.5 Å². The van der Waals surface area contributed by atoms with Gasteiger partial charge in [-0.1, -0.05) is 0 Å². The first-order chi connectivity index (χ1) is 16.3. The highest BCUT2D eigenvalue weighted by molar-refractivity contribution is 5.85. The summed E-state index contributed by atoms with van der Waals surface area (Å²) >= 11 is 0. The van der Waals surface area contributed by atoms with Crippen LogP contribution in [0.2, 0.25) is 0 Å². The molecule has 172 valence electrons. The highest BCUT2D eigenvalue weighted by atomic mass is 16.5. The number of nitrogens with zero attached hydrogens (tertiary/aromatic N) is 5. The summed E-state index contributed by atoms with van der Waals surface area (Å²) in [5.41, 5.74) is 6.29. The Morgan fingerprint density at radius 1 is 0.909 bits per heavy atom. The molecule has 0 atom stereocenters. The van der Waals surface area contributed by atoms with E-state index in [1.165, 1.54) is 11.3 Å². The molecule has 1 saturated heterocycles. The van der Waals surface area contributed by atoms with Crippen LogP contribution in [0.1, 0.15) is 42.6 Å². The second-order valence-corrected chi connectivity index (χ2v) is 9.17. The Morgan fingerprint density at radius 2 is 1.76 bits per heavy atom. The Kier molecular flexibility index (Phi) is 5.78. The zero-order valence-electron chi connectivity index (χ0n) is 18.8. The third-order valence-corrected chi connectivity index (χ3v) is 7.08. The molecule has 0 amide bonds. The molecule has 8 nitrogen and oxygen atoms in total. The molecular weight excluding hydrogens is 418 g/mol. The summed E-state index contributed by atoms with van der Waals surface area (Å²) < 4.78 is 17.7. The lowest BCUT2D eigenvalue weighted by molar-refractivity contribution is 0.122. The van der Waals surface area contributed by atoms with Crippen molar-refractivity contribution in [2.24, 2.45) is 5.92 Å². The van der Waals surface area contributed by atoms with E-state index < -0.39 is 0 Å². The zero-order valence-corrected chi connectivity index (χ0v) is 18.8. The van der Waals surface area contributed by atoms with Crippen molar-refractivity contribution in [2.75, 3.05) is 31.2 Å². The van der Waals surface area contributed by atoms with Crippen LogP contribution in [0.25, 0.3) is 11.0 Å². The van der Waals surface area contributed by atoms with Crippen LogP contribution < -0.4 is 9.64 Å². The van der Waals surface area contributed by atoms with E-state index in [-0.39, 0.29) is 6.10 Å². The second kappa shape index (κ2) is 9.19. The van der Waals surface area contributed by atoms with Crippen LogP contribution in [-0.2, 0) is 29.1 Å². The van der Waals surface area contributed by atoms with Crippen molar-refractivity contribution >= 4 is 16.7 Å². The molecule has 1 aliphatic carbocycles. The fraction of sp³-hybridized carbons (Fsp3) is 0.520. The molecule has 1 saturated carbocycles. The highest BCUT2D eigenvalue weighted by Crippen LogP contribution is 2.35. The third kappa shape index (κ3) is 4.37. The van der Waals surface area contributed by atoms with Crippen molar-refractivity contribution in [3.8, 4) is 5.75 Å². The highest BCUT2D eigenvalue weighted by Gasteiger charge is 2.26. The molecule has 3 aliphatic rings. The van der Waals surface area contributed by atoms with E-state index in [0.29, 0.717) is 19.1 Å². The average molecular weight is 448 g/mol. The largest absolute Gasteiger partial charge is 0.488 e. The lowest BCUT2D eigenvalue weighted by Crippen LogP contribution is -2.36. The van der Waals surface area contributed by atoms with E-state index in [2.05, 4.69) is 37.0 Å².